The van der Waals surface area contributed by atoms with E-state index >= 15 is 0 Å². The quantitative estimate of drug-likeness (QED) is 0.812. The van der Waals surface area contributed by atoms with E-state index in [1.54, 1.807) is 36.8 Å². The van der Waals surface area contributed by atoms with E-state index in [2.05, 4.69) is 21.7 Å². The Morgan fingerprint density at radius 2 is 2.33 bits per heavy atom. The van der Waals surface area contributed by atoms with Gasteiger partial charge in [-0.05, 0) is 30.4 Å². The van der Waals surface area contributed by atoms with Crippen LogP contribution in [0.4, 0.5) is 10.5 Å². The van der Waals surface area contributed by atoms with Gasteiger partial charge in [-0.2, -0.15) is 0 Å². The summed E-state index contributed by atoms with van der Waals surface area (Å²) < 4.78 is 10.3. The molecule has 2 amide bonds. The number of anilines is 1. The number of pyridine rings is 1. The van der Waals surface area contributed by atoms with E-state index in [4.69, 9.17) is 9.47 Å². The fourth-order valence-corrected chi connectivity index (χ4v) is 3.62. The van der Waals surface area contributed by atoms with E-state index < -0.39 is 0 Å². The Hall–Kier alpha value is -2.12. The molecule has 1 N–H and O–H groups in total. The number of carbonyl (C=O) groups is 1. The van der Waals surface area contributed by atoms with Gasteiger partial charge in [0.25, 0.3) is 0 Å². The van der Waals surface area contributed by atoms with Gasteiger partial charge < -0.3 is 19.7 Å². The molecule has 24 heavy (non-hydrogen) atoms. The Morgan fingerprint density at radius 3 is 3.04 bits per heavy atom. The van der Waals surface area contributed by atoms with Crippen molar-refractivity contribution in [3.05, 3.63) is 40.7 Å². The fourth-order valence-electron chi connectivity index (χ4n) is 2.75. The Bertz CT molecular complexity index is 646. The molecule has 0 aliphatic carbocycles. The van der Waals surface area contributed by atoms with Gasteiger partial charge in [-0.3, -0.25) is 0 Å². The first-order valence-corrected chi connectivity index (χ1v) is 8.84. The number of urea groups is 1. The Morgan fingerprint density at radius 1 is 1.42 bits per heavy atom. The molecular formula is C17H21N3O3S. The molecular weight excluding hydrogens is 326 g/mol. The largest absolute Gasteiger partial charge is 0.475 e. The van der Waals surface area contributed by atoms with Gasteiger partial charge in [-0.25, -0.2) is 9.78 Å². The summed E-state index contributed by atoms with van der Waals surface area (Å²) in [5.41, 5.74) is 0.663. The number of hydrogen-bond acceptors (Lipinski definition) is 5. The van der Waals surface area contributed by atoms with Gasteiger partial charge in [0, 0.05) is 24.6 Å². The summed E-state index contributed by atoms with van der Waals surface area (Å²) >= 11 is 1.70. The first-order chi connectivity index (χ1) is 11.8. The van der Waals surface area contributed by atoms with Gasteiger partial charge in [0.2, 0.25) is 5.88 Å². The fraction of sp³-hybridized carbons (Fsp3) is 0.412. The van der Waals surface area contributed by atoms with E-state index in [1.165, 1.54) is 4.88 Å². The van der Waals surface area contributed by atoms with E-state index in [9.17, 15) is 4.79 Å². The summed E-state index contributed by atoms with van der Waals surface area (Å²) in [4.78, 5) is 19.9. The molecule has 0 spiro atoms. The number of aromatic nitrogens is 1. The zero-order valence-corrected chi connectivity index (χ0v) is 14.4. The average molecular weight is 347 g/mol. The van der Waals surface area contributed by atoms with Crippen LogP contribution in [0.15, 0.2) is 35.8 Å². The molecule has 0 bridgehead atoms. The summed E-state index contributed by atoms with van der Waals surface area (Å²) in [6.45, 7) is 1.74. The second-order valence-corrected chi connectivity index (χ2v) is 6.50. The molecule has 3 heterocycles. The third-order valence-electron chi connectivity index (χ3n) is 3.91. The molecule has 7 heteroatoms. The Balaban J connectivity index is 1.58. The van der Waals surface area contributed by atoms with Gasteiger partial charge >= 0.3 is 6.03 Å². The lowest BCUT2D eigenvalue weighted by atomic mass is 10.2. The molecule has 6 nitrogen and oxygen atoms in total. The molecule has 2 aromatic rings. The molecule has 128 valence electrons. The first-order valence-electron chi connectivity index (χ1n) is 7.97. The number of ether oxygens (including phenoxy) is 2. The minimum absolute atomic E-state index is 0.0826. The van der Waals surface area contributed by atoms with Crippen molar-refractivity contribution in [3.8, 4) is 5.88 Å². The Kier molecular flexibility index (Phi) is 5.66. The molecule has 1 atom stereocenters. The summed E-state index contributed by atoms with van der Waals surface area (Å²) in [5.74, 6) is 0.516. The third-order valence-corrected chi connectivity index (χ3v) is 4.88. The molecule has 3 rings (SSSR count). The van der Waals surface area contributed by atoms with Crippen LogP contribution in [0.5, 0.6) is 5.88 Å². The molecule has 1 saturated heterocycles. The van der Waals surface area contributed by atoms with Crippen molar-refractivity contribution in [1.82, 2.24) is 9.88 Å². The number of nitrogens with one attached hydrogen (secondary N) is 1. The molecule has 1 aliphatic rings. The van der Waals surface area contributed by atoms with Crippen molar-refractivity contribution < 1.29 is 14.3 Å². The summed E-state index contributed by atoms with van der Waals surface area (Å²) in [7, 11) is 1.62. The lowest BCUT2D eigenvalue weighted by Gasteiger charge is -2.24. The highest BCUT2D eigenvalue weighted by Gasteiger charge is 2.30. The van der Waals surface area contributed by atoms with Crippen LogP contribution in [0.1, 0.15) is 23.8 Å². The second kappa shape index (κ2) is 8.12. The number of thiophene rings is 1. The van der Waals surface area contributed by atoms with Crippen LogP contribution in [0.3, 0.4) is 0 Å². The number of nitrogens with zero attached hydrogens (tertiary/aromatic N) is 2. The van der Waals surface area contributed by atoms with Crippen molar-refractivity contribution in [2.45, 2.75) is 18.9 Å². The van der Waals surface area contributed by atoms with Gasteiger partial charge in [0.05, 0.1) is 24.5 Å². The highest BCUT2D eigenvalue weighted by Crippen LogP contribution is 2.34. The van der Waals surface area contributed by atoms with Gasteiger partial charge in [0.1, 0.15) is 6.61 Å². The molecule has 0 radical (unpaired) electrons. The SMILES string of the molecule is COCCOc1ccc(NC(=O)N2CCC[C@@H]2c2cccs2)cn1. The zero-order chi connectivity index (χ0) is 16.8. The summed E-state index contributed by atoms with van der Waals surface area (Å²) in [5, 5.41) is 4.97. The summed E-state index contributed by atoms with van der Waals surface area (Å²) in [6, 6.07) is 7.75. The lowest BCUT2D eigenvalue weighted by Crippen LogP contribution is -2.34. The van der Waals surface area contributed by atoms with E-state index in [0.29, 0.717) is 24.8 Å². The Labute approximate surface area is 145 Å². The van der Waals surface area contributed by atoms with Gasteiger partial charge in [0.15, 0.2) is 0 Å². The minimum atomic E-state index is -0.0826. The van der Waals surface area contributed by atoms with Crippen LogP contribution < -0.4 is 10.1 Å². The predicted molar refractivity (Wildman–Crippen MR) is 93.6 cm³/mol. The minimum Gasteiger partial charge on any atom is -0.475 e. The van der Waals surface area contributed by atoms with Crippen LogP contribution in [0.2, 0.25) is 0 Å². The zero-order valence-electron chi connectivity index (χ0n) is 13.6. The number of carbonyl (C=O) groups excluding carboxylic acids is 1. The van der Waals surface area contributed by atoms with Gasteiger partial charge in [-0.1, -0.05) is 6.07 Å². The van der Waals surface area contributed by atoms with Crippen molar-refractivity contribution in [1.29, 1.82) is 0 Å². The number of hydrogen-bond donors (Lipinski definition) is 1. The molecule has 2 aromatic heterocycles. The molecule has 0 unspecified atom stereocenters. The predicted octanol–water partition coefficient (Wildman–Crippen LogP) is 3.54. The van der Waals surface area contributed by atoms with Crippen molar-refractivity contribution in [2.24, 2.45) is 0 Å². The van der Waals surface area contributed by atoms with Crippen LogP contribution in [-0.4, -0.2) is 42.8 Å². The van der Waals surface area contributed by atoms with E-state index in [0.717, 1.165) is 19.4 Å². The first kappa shape index (κ1) is 16.7. The maximum atomic E-state index is 12.6. The maximum absolute atomic E-state index is 12.6. The average Bonchev–Trinajstić information content (AvgIpc) is 3.27. The topological polar surface area (TPSA) is 63.7 Å². The highest BCUT2D eigenvalue weighted by atomic mass is 32.1. The van der Waals surface area contributed by atoms with E-state index in [1.807, 2.05) is 11.0 Å². The standard InChI is InChI=1S/C17H21N3O3S/c1-22-9-10-23-16-7-6-13(12-18-16)19-17(21)20-8-2-4-14(20)15-5-3-11-24-15/h3,5-7,11-12,14H,2,4,8-10H2,1H3,(H,19,21)/t14-/m1/s1. The smallest absolute Gasteiger partial charge is 0.322 e. The lowest BCUT2D eigenvalue weighted by molar-refractivity contribution is 0.144. The number of rotatable bonds is 6. The van der Waals surface area contributed by atoms with Crippen molar-refractivity contribution in [3.63, 3.8) is 0 Å². The van der Waals surface area contributed by atoms with E-state index in [-0.39, 0.29) is 12.1 Å². The highest BCUT2D eigenvalue weighted by molar-refractivity contribution is 7.10. The second-order valence-electron chi connectivity index (χ2n) is 5.52. The molecule has 0 aromatic carbocycles. The normalized spacial score (nSPS) is 17.0. The molecule has 1 fully saturated rings. The summed E-state index contributed by atoms with van der Waals surface area (Å²) in [6.07, 6.45) is 3.65. The molecule has 0 saturated carbocycles. The number of likely N-dealkylation sites (tertiary alicyclic amines) is 1. The third kappa shape index (κ3) is 4.04. The van der Waals surface area contributed by atoms with Crippen LogP contribution in [0, 0.1) is 0 Å². The molecule has 1 aliphatic heterocycles. The van der Waals surface area contributed by atoms with Crippen LogP contribution in [0.25, 0.3) is 0 Å². The monoisotopic (exact) mass is 347 g/mol. The number of methoxy groups -OCH3 is 1. The van der Waals surface area contributed by atoms with Crippen LogP contribution >= 0.6 is 11.3 Å². The van der Waals surface area contributed by atoms with Crippen molar-refractivity contribution >= 4 is 23.1 Å². The number of amides is 2. The van der Waals surface area contributed by atoms with Crippen LogP contribution in [-0.2, 0) is 4.74 Å². The van der Waals surface area contributed by atoms with Crippen molar-refractivity contribution in [2.75, 3.05) is 32.2 Å². The van der Waals surface area contributed by atoms with Gasteiger partial charge in [-0.15, -0.1) is 11.3 Å². The maximum Gasteiger partial charge on any atom is 0.322 e.